The maximum Gasteiger partial charge on any atom is 0.267 e. The first-order valence-electron chi connectivity index (χ1n) is 8.50. The molecule has 0 aliphatic heterocycles. The lowest BCUT2D eigenvalue weighted by molar-refractivity contribution is 0.103. The fourth-order valence-corrected chi connectivity index (χ4v) is 4.18. The molecule has 0 saturated carbocycles. The van der Waals surface area contributed by atoms with Crippen molar-refractivity contribution in [3.05, 3.63) is 93.9 Å². The van der Waals surface area contributed by atoms with Crippen LogP contribution in [0, 0.1) is 6.92 Å². The molecule has 0 aliphatic rings. The van der Waals surface area contributed by atoms with Crippen LogP contribution in [-0.4, -0.2) is 10.5 Å². The van der Waals surface area contributed by atoms with Crippen LogP contribution in [0.25, 0.3) is 16.8 Å². The summed E-state index contributed by atoms with van der Waals surface area (Å²) in [4.78, 5) is 13.7. The molecular formula is C22H17ClN2OS. The number of rotatable bonds is 4. The Hall–Kier alpha value is -2.82. The third-order valence-corrected chi connectivity index (χ3v) is 5.45. The zero-order valence-corrected chi connectivity index (χ0v) is 16.2. The van der Waals surface area contributed by atoms with Crippen LogP contribution >= 0.6 is 22.9 Å². The van der Waals surface area contributed by atoms with Crippen molar-refractivity contribution < 1.29 is 4.79 Å². The molecule has 134 valence electrons. The predicted octanol–water partition coefficient (Wildman–Crippen LogP) is 6.42. The summed E-state index contributed by atoms with van der Waals surface area (Å²) < 4.78 is 1.99. The molecule has 4 aromatic rings. The highest BCUT2D eigenvalue weighted by molar-refractivity contribution is 7.13. The molecule has 2 heterocycles. The van der Waals surface area contributed by atoms with E-state index in [1.807, 2.05) is 52.7 Å². The number of nitrogens with one attached hydrogen (secondary N) is 1. The van der Waals surface area contributed by atoms with Crippen LogP contribution in [0.4, 0.5) is 5.69 Å². The van der Waals surface area contributed by atoms with E-state index in [-0.39, 0.29) is 5.91 Å². The van der Waals surface area contributed by atoms with Crippen molar-refractivity contribution in [2.45, 2.75) is 6.92 Å². The monoisotopic (exact) mass is 392 g/mol. The number of aromatic nitrogens is 1. The Kier molecular flexibility index (Phi) is 4.84. The standard InChI is InChI=1S/C22H17ClN2OS/c1-15-6-4-7-16(12-15)19-14-27-21(20(19)25-10-2-3-11-25)22(26)24-18-9-5-8-17(23)13-18/h2-14H,1H3,(H,24,26). The number of carbonyl (C=O) groups is 1. The Bertz CT molecular complexity index is 1100. The number of aryl methyl sites for hydroxylation is 1. The normalized spacial score (nSPS) is 10.7. The van der Waals surface area contributed by atoms with Gasteiger partial charge in [-0.3, -0.25) is 4.79 Å². The Morgan fingerprint density at radius 1 is 1.04 bits per heavy atom. The van der Waals surface area contributed by atoms with Crippen molar-refractivity contribution in [1.82, 2.24) is 4.57 Å². The summed E-state index contributed by atoms with van der Waals surface area (Å²) in [6, 6.07) is 19.4. The number of benzene rings is 2. The zero-order chi connectivity index (χ0) is 18.8. The molecule has 0 saturated heterocycles. The number of halogens is 1. The SMILES string of the molecule is Cc1cccc(-c2csc(C(=O)Nc3cccc(Cl)c3)c2-n2cccc2)c1. The first-order chi connectivity index (χ1) is 13.1. The molecule has 0 spiro atoms. The van der Waals surface area contributed by atoms with Crippen LogP contribution in [0.5, 0.6) is 0 Å². The van der Waals surface area contributed by atoms with E-state index in [0.717, 1.165) is 16.8 Å². The van der Waals surface area contributed by atoms with Gasteiger partial charge in [0, 0.05) is 34.0 Å². The van der Waals surface area contributed by atoms with E-state index < -0.39 is 0 Å². The van der Waals surface area contributed by atoms with E-state index in [0.29, 0.717) is 15.6 Å². The van der Waals surface area contributed by atoms with Gasteiger partial charge in [-0.1, -0.05) is 47.5 Å². The Labute approximate surface area is 166 Å². The van der Waals surface area contributed by atoms with Crippen molar-refractivity contribution in [2.24, 2.45) is 0 Å². The lowest BCUT2D eigenvalue weighted by atomic mass is 10.0. The first kappa shape index (κ1) is 17.6. The van der Waals surface area contributed by atoms with Gasteiger partial charge in [0.25, 0.3) is 5.91 Å². The van der Waals surface area contributed by atoms with Crippen LogP contribution in [0.2, 0.25) is 5.02 Å². The van der Waals surface area contributed by atoms with Gasteiger partial charge in [0.2, 0.25) is 0 Å². The highest BCUT2D eigenvalue weighted by Crippen LogP contribution is 2.35. The van der Waals surface area contributed by atoms with E-state index in [1.165, 1.54) is 16.9 Å². The fourth-order valence-electron chi connectivity index (χ4n) is 3.02. The lowest BCUT2D eigenvalue weighted by Gasteiger charge is -2.11. The van der Waals surface area contributed by atoms with E-state index in [4.69, 9.17) is 11.6 Å². The highest BCUT2D eigenvalue weighted by atomic mass is 35.5. The predicted molar refractivity (Wildman–Crippen MR) is 113 cm³/mol. The molecule has 0 aliphatic carbocycles. The molecular weight excluding hydrogens is 376 g/mol. The second-order valence-corrected chi connectivity index (χ2v) is 7.57. The van der Waals surface area contributed by atoms with Gasteiger partial charge >= 0.3 is 0 Å². The topological polar surface area (TPSA) is 34.0 Å². The number of hydrogen-bond donors (Lipinski definition) is 1. The van der Waals surface area contributed by atoms with Crippen molar-refractivity contribution in [1.29, 1.82) is 0 Å². The summed E-state index contributed by atoms with van der Waals surface area (Å²) in [5, 5.41) is 5.58. The molecule has 3 nitrogen and oxygen atoms in total. The number of thiophene rings is 1. The molecule has 0 unspecified atom stereocenters. The maximum atomic E-state index is 13.0. The van der Waals surface area contributed by atoms with Crippen LogP contribution in [0.1, 0.15) is 15.2 Å². The van der Waals surface area contributed by atoms with Crippen LogP contribution < -0.4 is 5.32 Å². The minimum absolute atomic E-state index is 0.148. The molecule has 0 radical (unpaired) electrons. The molecule has 4 rings (SSSR count). The second-order valence-electron chi connectivity index (χ2n) is 6.25. The van der Waals surface area contributed by atoms with Crippen LogP contribution in [0.3, 0.4) is 0 Å². The largest absolute Gasteiger partial charge is 0.322 e. The zero-order valence-electron chi connectivity index (χ0n) is 14.6. The summed E-state index contributed by atoms with van der Waals surface area (Å²) in [5.74, 6) is -0.148. The maximum absolute atomic E-state index is 13.0. The fraction of sp³-hybridized carbons (Fsp3) is 0.0455. The third kappa shape index (κ3) is 3.68. The summed E-state index contributed by atoms with van der Waals surface area (Å²) in [6.45, 7) is 2.07. The van der Waals surface area contributed by atoms with Gasteiger partial charge in [-0.25, -0.2) is 0 Å². The molecule has 0 bridgehead atoms. The molecule has 2 aromatic carbocycles. The Balaban J connectivity index is 1.78. The molecule has 27 heavy (non-hydrogen) atoms. The number of anilines is 1. The molecule has 5 heteroatoms. The minimum Gasteiger partial charge on any atom is -0.322 e. The molecule has 1 N–H and O–H groups in total. The average Bonchev–Trinajstić information content (AvgIpc) is 3.31. The molecule has 0 atom stereocenters. The van der Waals surface area contributed by atoms with E-state index >= 15 is 0 Å². The van der Waals surface area contributed by atoms with Crippen LogP contribution in [-0.2, 0) is 0 Å². The van der Waals surface area contributed by atoms with Gasteiger partial charge < -0.3 is 9.88 Å². The third-order valence-electron chi connectivity index (χ3n) is 4.25. The number of nitrogens with zero attached hydrogens (tertiary/aromatic N) is 1. The van der Waals surface area contributed by atoms with Crippen molar-refractivity contribution in [2.75, 3.05) is 5.32 Å². The van der Waals surface area contributed by atoms with E-state index in [2.05, 4.69) is 30.4 Å². The quantitative estimate of drug-likeness (QED) is 0.427. The summed E-state index contributed by atoms with van der Waals surface area (Å²) in [5.41, 5.74) is 4.88. The van der Waals surface area contributed by atoms with Crippen molar-refractivity contribution >= 4 is 34.5 Å². The van der Waals surface area contributed by atoms with Gasteiger partial charge in [-0.2, -0.15) is 0 Å². The molecule has 2 aromatic heterocycles. The second kappa shape index (κ2) is 7.43. The van der Waals surface area contributed by atoms with Gasteiger partial charge in [-0.05, 0) is 42.8 Å². The summed E-state index contributed by atoms with van der Waals surface area (Å²) >= 11 is 7.47. The van der Waals surface area contributed by atoms with Gasteiger partial charge in [0.05, 0.1) is 5.69 Å². The van der Waals surface area contributed by atoms with Crippen molar-refractivity contribution in [3.63, 3.8) is 0 Å². The minimum atomic E-state index is -0.148. The number of amides is 1. The van der Waals surface area contributed by atoms with Gasteiger partial charge in [0.15, 0.2) is 0 Å². The summed E-state index contributed by atoms with van der Waals surface area (Å²) in [7, 11) is 0. The first-order valence-corrected chi connectivity index (χ1v) is 9.76. The average molecular weight is 393 g/mol. The van der Waals surface area contributed by atoms with Gasteiger partial charge in [-0.15, -0.1) is 11.3 Å². The Morgan fingerprint density at radius 2 is 1.81 bits per heavy atom. The van der Waals surface area contributed by atoms with E-state index in [9.17, 15) is 4.79 Å². The van der Waals surface area contributed by atoms with Crippen molar-refractivity contribution in [3.8, 4) is 16.8 Å². The highest BCUT2D eigenvalue weighted by Gasteiger charge is 2.20. The van der Waals surface area contributed by atoms with Gasteiger partial charge in [0.1, 0.15) is 4.88 Å². The molecule has 0 fully saturated rings. The van der Waals surface area contributed by atoms with Crippen LogP contribution in [0.15, 0.2) is 78.4 Å². The molecule has 1 amide bonds. The lowest BCUT2D eigenvalue weighted by Crippen LogP contribution is -2.12. The Morgan fingerprint density at radius 3 is 2.56 bits per heavy atom. The number of hydrogen-bond acceptors (Lipinski definition) is 2. The summed E-state index contributed by atoms with van der Waals surface area (Å²) in [6.07, 6.45) is 3.91. The number of carbonyl (C=O) groups excluding carboxylic acids is 1. The smallest absolute Gasteiger partial charge is 0.267 e. The van der Waals surface area contributed by atoms with E-state index in [1.54, 1.807) is 12.1 Å².